The Bertz CT molecular complexity index is 653. The molecule has 2 aromatic rings. The van der Waals surface area contributed by atoms with E-state index >= 15 is 0 Å². The molecule has 0 saturated carbocycles. The molecule has 0 aliphatic carbocycles. The second-order valence-electron chi connectivity index (χ2n) is 5.13. The molecule has 2 nitrogen and oxygen atoms in total. The van der Waals surface area contributed by atoms with Gasteiger partial charge in [-0.15, -0.1) is 0 Å². The zero-order chi connectivity index (χ0) is 14.1. The van der Waals surface area contributed by atoms with Gasteiger partial charge in [-0.2, -0.15) is 0 Å². The number of amides is 1. The average Bonchev–Trinajstić information content (AvgIpc) is 2.47. The number of nitrogens with zero attached hydrogens (tertiary/aromatic N) is 1. The Morgan fingerprint density at radius 2 is 2.00 bits per heavy atom. The summed E-state index contributed by atoms with van der Waals surface area (Å²) in [6, 6.07) is 15.6. The van der Waals surface area contributed by atoms with Crippen molar-refractivity contribution in [3.8, 4) is 0 Å². The van der Waals surface area contributed by atoms with Crippen molar-refractivity contribution >= 4 is 17.5 Å². The van der Waals surface area contributed by atoms with E-state index in [-0.39, 0.29) is 11.9 Å². The third kappa shape index (κ3) is 2.32. The molecule has 1 unspecified atom stereocenters. The predicted octanol–water partition coefficient (Wildman–Crippen LogP) is 4.10. The lowest BCUT2D eigenvalue weighted by Crippen LogP contribution is -2.38. The summed E-state index contributed by atoms with van der Waals surface area (Å²) in [7, 11) is 0. The first kappa shape index (κ1) is 13.2. The quantitative estimate of drug-likeness (QED) is 0.772. The molecule has 20 heavy (non-hydrogen) atoms. The van der Waals surface area contributed by atoms with E-state index in [1.165, 1.54) is 11.1 Å². The molecule has 1 amide bonds. The monoisotopic (exact) mass is 285 g/mol. The zero-order valence-corrected chi connectivity index (χ0v) is 12.1. The highest BCUT2D eigenvalue weighted by Gasteiger charge is 2.27. The second-order valence-corrected chi connectivity index (χ2v) is 5.57. The smallest absolute Gasteiger partial charge is 0.254 e. The molecule has 1 aliphatic heterocycles. The van der Waals surface area contributed by atoms with Crippen molar-refractivity contribution in [2.24, 2.45) is 0 Å². The van der Waals surface area contributed by atoms with E-state index in [1.54, 1.807) is 12.1 Å². The fourth-order valence-electron chi connectivity index (χ4n) is 2.84. The highest BCUT2D eigenvalue weighted by Crippen LogP contribution is 2.30. The number of rotatable bonds is 1. The van der Waals surface area contributed by atoms with Crippen LogP contribution in [0, 0.1) is 0 Å². The van der Waals surface area contributed by atoms with Crippen LogP contribution >= 0.6 is 11.6 Å². The van der Waals surface area contributed by atoms with Gasteiger partial charge in [0.25, 0.3) is 5.91 Å². The molecular formula is C17H16ClNO. The third-order valence-corrected chi connectivity index (χ3v) is 4.16. The number of carbonyl (C=O) groups is 1. The summed E-state index contributed by atoms with van der Waals surface area (Å²) in [5, 5.41) is 0.598. The van der Waals surface area contributed by atoms with E-state index in [0.717, 1.165) is 13.0 Å². The summed E-state index contributed by atoms with van der Waals surface area (Å²) in [6.07, 6.45) is 0.910. The Kier molecular flexibility index (Phi) is 3.49. The van der Waals surface area contributed by atoms with Gasteiger partial charge in [-0.3, -0.25) is 4.79 Å². The molecule has 3 heteroatoms. The van der Waals surface area contributed by atoms with Crippen LogP contribution in [0.15, 0.2) is 48.5 Å². The van der Waals surface area contributed by atoms with Crippen LogP contribution in [0.5, 0.6) is 0 Å². The molecule has 0 N–H and O–H groups in total. The minimum absolute atomic E-state index is 0.0505. The summed E-state index contributed by atoms with van der Waals surface area (Å²) in [5.41, 5.74) is 3.24. The summed E-state index contributed by atoms with van der Waals surface area (Å²) >= 11 is 5.97. The van der Waals surface area contributed by atoms with Crippen LogP contribution in [0.25, 0.3) is 0 Å². The van der Waals surface area contributed by atoms with Crippen molar-refractivity contribution in [3.05, 3.63) is 70.2 Å². The first-order valence-corrected chi connectivity index (χ1v) is 7.19. The Hall–Kier alpha value is -1.80. The van der Waals surface area contributed by atoms with Crippen LogP contribution in [0.4, 0.5) is 0 Å². The molecule has 0 aromatic heterocycles. The maximum atomic E-state index is 12.6. The average molecular weight is 286 g/mol. The summed E-state index contributed by atoms with van der Waals surface area (Å²) in [4.78, 5) is 14.6. The molecule has 0 radical (unpaired) electrons. The lowest BCUT2D eigenvalue weighted by molar-refractivity contribution is 0.0677. The number of hydrogen-bond donors (Lipinski definition) is 0. The summed E-state index contributed by atoms with van der Waals surface area (Å²) in [6.45, 7) is 2.84. The van der Waals surface area contributed by atoms with E-state index in [9.17, 15) is 4.79 Å². The van der Waals surface area contributed by atoms with Gasteiger partial charge in [0, 0.05) is 17.1 Å². The largest absolute Gasteiger partial charge is 0.332 e. The molecule has 1 atom stereocenters. The minimum atomic E-state index is 0.0505. The Morgan fingerprint density at radius 1 is 1.20 bits per heavy atom. The van der Waals surface area contributed by atoms with E-state index < -0.39 is 0 Å². The van der Waals surface area contributed by atoms with Gasteiger partial charge in [-0.05, 0) is 42.7 Å². The lowest BCUT2D eigenvalue weighted by atomic mass is 9.93. The highest BCUT2D eigenvalue weighted by atomic mass is 35.5. The maximum Gasteiger partial charge on any atom is 0.254 e. The molecular weight excluding hydrogens is 270 g/mol. The van der Waals surface area contributed by atoms with E-state index in [1.807, 2.05) is 23.1 Å². The zero-order valence-electron chi connectivity index (χ0n) is 11.3. The molecule has 0 fully saturated rings. The van der Waals surface area contributed by atoms with Crippen LogP contribution in [0.2, 0.25) is 5.02 Å². The SMILES string of the molecule is CC1c2ccccc2CCN1C(=O)c1cccc(Cl)c1. The van der Waals surface area contributed by atoms with Crippen molar-refractivity contribution in [2.75, 3.05) is 6.54 Å². The Labute approximate surface area is 124 Å². The first-order chi connectivity index (χ1) is 9.66. The van der Waals surface area contributed by atoms with Crippen LogP contribution in [-0.4, -0.2) is 17.4 Å². The summed E-state index contributed by atoms with van der Waals surface area (Å²) in [5.74, 6) is 0.0505. The van der Waals surface area contributed by atoms with Crippen molar-refractivity contribution in [1.29, 1.82) is 0 Å². The maximum absolute atomic E-state index is 12.6. The molecule has 102 valence electrons. The van der Waals surface area contributed by atoms with E-state index in [4.69, 9.17) is 11.6 Å². The normalized spacial score (nSPS) is 17.7. The van der Waals surface area contributed by atoms with Crippen molar-refractivity contribution in [3.63, 3.8) is 0 Å². The summed E-state index contributed by atoms with van der Waals surface area (Å²) < 4.78 is 0. The predicted molar refractivity (Wildman–Crippen MR) is 81.0 cm³/mol. The van der Waals surface area contributed by atoms with Gasteiger partial charge < -0.3 is 4.90 Å². The van der Waals surface area contributed by atoms with Crippen LogP contribution in [0.1, 0.15) is 34.5 Å². The molecule has 0 saturated heterocycles. The van der Waals surface area contributed by atoms with Crippen molar-refractivity contribution in [1.82, 2.24) is 4.90 Å². The number of hydrogen-bond acceptors (Lipinski definition) is 1. The fourth-order valence-corrected chi connectivity index (χ4v) is 3.03. The van der Waals surface area contributed by atoms with Crippen molar-refractivity contribution in [2.45, 2.75) is 19.4 Å². The molecule has 1 aliphatic rings. The number of fused-ring (bicyclic) bond motifs is 1. The molecule has 0 bridgehead atoms. The molecule has 3 rings (SSSR count). The van der Waals surface area contributed by atoms with Gasteiger partial charge in [-0.25, -0.2) is 0 Å². The van der Waals surface area contributed by atoms with Crippen LogP contribution in [0.3, 0.4) is 0 Å². The van der Waals surface area contributed by atoms with Gasteiger partial charge in [0.2, 0.25) is 0 Å². The molecule has 0 spiro atoms. The van der Waals surface area contributed by atoms with Crippen molar-refractivity contribution < 1.29 is 4.79 Å². The van der Waals surface area contributed by atoms with E-state index in [2.05, 4.69) is 25.1 Å². The molecule has 2 aromatic carbocycles. The van der Waals surface area contributed by atoms with Gasteiger partial charge in [-0.1, -0.05) is 41.9 Å². The van der Waals surface area contributed by atoms with Gasteiger partial charge >= 0.3 is 0 Å². The second kappa shape index (κ2) is 5.29. The Balaban J connectivity index is 1.91. The van der Waals surface area contributed by atoms with Crippen LogP contribution < -0.4 is 0 Å². The number of benzene rings is 2. The van der Waals surface area contributed by atoms with Gasteiger partial charge in [0.15, 0.2) is 0 Å². The topological polar surface area (TPSA) is 20.3 Å². The van der Waals surface area contributed by atoms with E-state index in [0.29, 0.717) is 10.6 Å². The van der Waals surface area contributed by atoms with Gasteiger partial charge in [0.05, 0.1) is 6.04 Å². The van der Waals surface area contributed by atoms with Gasteiger partial charge in [0.1, 0.15) is 0 Å². The Morgan fingerprint density at radius 3 is 2.80 bits per heavy atom. The number of carbonyl (C=O) groups excluding carboxylic acids is 1. The minimum Gasteiger partial charge on any atom is -0.332 e. The van der Waals surface area contributed by atoms with Crippen LogP contribution in [-0.2, 0) is 6.42 Å². The number of halogens is 1. The first-order valence-electron chi connectivity index (χ1n) is 6.81. The third-order valence-electron chi connectivity index (χ3n) is 3.93. The highest BCUT2D eigenvalue weighted by molar-refractivity contribution is 6.30. The molecule has 1 heterocycles. The standard InChI is InChI=1S/C17H16ClNO/c1-12-16-8-3-2-5-13(16)9-10-19(12)17(20)14-6-4-7-15(18)11-14/h2-8,11-12H,9-10H2,1H3. The fraction of sp³-hybridized carbons (Fsp3) is 0.235. The lowest BCUT2D eigenvalue weighted by Gasteiger charge is -2.35.